The molecule has 1 fully saturated rings. The number of ether oxygens (including phenoxy) is 1. The van der Waals surface area contributed by atoms with Crippen molar-refractivity contribution in [3.63, 3.8) is 0 Å². The fraction of sp³-hybridized carbons (Fsp3) is 0.200. The molecular weight excluding hydrogens is 342 g/mol. The van der Waals surface area contributed by atoms with Gasteiger partial charge in [-0.2, -0.15) is 5.26 Å². The number of H-pyrrole nitrogens is 1. The summed E-state index contributed by atoms with van der Waals surface area (Å²) in [5.74, 6) is 0.903. The van der Waals surface area contributed by atoms with Crippen LogP contribution in [-0.4, -0.2) is 27.9 Å². The van der Waals surface area contributed by atoms with Crippen LogP contribution in [0.3, 0.4) is 0 Å². The van der Waals surface area contributed by atoms with Gasteiger partial charge in [0.15, 0.2) is 5.69 Å². The predicted octanol–water partition coefficient (Wildman–Crippen LogP) is 3.05. The van der Waals surface area contributed by atoms with Gasteiger partial charge in [0, 0.05) is 24.2 Å². The molecule has 2 heterocycles. The van der Waals surface area contributed by atoms with Crippen molar-refractivity contribution >= 4 is 11.6 Å². The highest BCUT2D eigenvalue weighted by molar-refractivity contribution is 5.95. The summed E-state index contributed by atoms with van der Waals surface area (Å²) in [4.78, 5) is 13.6. The molecule has 0 spiro atoms. The summed E-state index contributed by atoms with van der Waals surface area (Å²) in [7, 11) is 0. The van der Waals surface area contributed by atoms with E-state index in [0.29, 0.717) is 24.4 Å². The largest absolute Gasteiger partial charge is 0.489 e. The number of nitriles is 1. The number of aromatic nitrogens is 3. The van der Waals surface area contributed by atoms with E-state index in [2.05, 4.69) is 15.4 Å². The van der Waals surface area contributed by atoms with E-state index >= 15 is 0 Å². The van der Waals surface area contributed by atoms with E-state index in [9.17, 15) is 4.79 Å². The van der Waals surface area contributed by atoms with Crippen LogP contribution in [0.5, 0.6) is 5.75 Å². The van der Waals surface area contributed by atoms with Gasteiger partial charge in [-0.25, -0.2) is 5.10 Å². The molecule has 4 rings (SSSR count). The Hall–Kier alpha value is -3.66. The highest BCUT2D eigenvalue weighted by atomic mass is 16.5. The third kappa shape index (κ3) is 3.51. The molecule has 27 heavy (non-hydrogen) atoms. The molecule has 7 nitrogen and oxygen atoms in total. The van der Waals surface area contributed by atoms with E-state index in [1.54, 1.807) is 4.90 Å². The summed E-state index contributed by atoms with van der Waals surface area (Å²) < 4.78 is 5.85. The van der Waals surface area contributed by atoms with Gasteiger partial charge in [-0.15, -0.1) is 5.10 Å². The number of amides is 1. The van der Waals surface area contributed by atoms with Crippen molar-refractivity contribution in [1.29, 1.82) is 5.26 Å². The first-order valence-electron chi connectivity index (χ1n) is 8.68. The van der Waals surface area contributed by atoms with Crippen molar-refractivity contribution < 1.29 is 9.53 Å². The Morgan fingerprint density at radius 1 is 1.22 bits per heavy atom. The quantitative estimate of drug-likeness (QED) is 0.755. The van der Waals surface area contributed by atoms with Crippen LogP contribution in [0.25, 0.3) is 11.3 Å². The maximum absolute atomic E-state index is 11.8. The number of hydrogen-bond donors (Lipinski definition) is 1. The number of carbonyl (C=O) groups excluding carboxylic acids is 1. The van der Waals surface area contributed by atoms with Crippen molar-refractivity contribution in [1.82, 2.24) is 15.4 Å². The normalized spacial score (nSPS) is 13.6. The van der Waals surface area contributed by atoms with Crippen LogP contribution >= 0.6 is 0 Å². The molecule has 1 amide bonds. The molecule has 1 saturated heterocycles. The minimum absolute atomic E-state index is 0.171. The second kappa shape index (κ2) is 7.30. The zero-order valence-corrected chi connectivity index (χ0v) is 14.6. The molecule has 3 aromatic rings. The molecule has 1 N–H and O–H groups in total. The summed E-state index contributed by atoms with van der Waals surface area (Å²) in [6, 6.07) is 17.2. The molecule has 0 unspecified atom stereocenters. The van der Waals surface area contributed by atoms with E-state index in [1.165, 1.54) is 0 Å². The molecular formula is C20H17N5O2. The summed E-state index contributed by atoms with van der Waals surface area (Å²) in [5, 5.41) is 19.3. The zero-order valence-electron chi connectivity index (χ0n) is 14.6. The molecule has 1 aromatic heterocycles. The van der Waals surface area contributed by atoms with Gasteiger partial charge in [0.1, 0.15) is 24.1 Å². The fourth-order valence-electron chi connectivity index (χ4n) is 3.13. The zero-order chi connectivity index (χ0) is 18.6. The molecule has 0 radical (unpaired) electrons. The van der Waals surface area contributed by atoms with E-state index < -0.39 is 0 Å². The first-order valence-corrected chi connectivity index (χ1v) is 8.68. The van der Waals surface area contributed by atoms with Crippen molar-refractivity contribution in [2.75, 3.05) is 11.4 Å². The number of benzene rings is 2. The molecule has 134 valence electrons. The number of nitrogens with zero attached hydrogens (tertiary/aromatic N) is 4. The van der Waals surface area contributed by atoms with Gasteiger partial charge in [0.05, 0.1) is 0 Å². The number of hydrogen-bond acceptors (Lipinski definition) is 5. The smallest absolute Gasteiger partial charge is 0.227 e. The van der Waals surface area contributed by atoms with E-state index in [1.807, 2.05) is 54.6 Å². The predicted molar refractivity (Wildman–Crippen MR) is 98.9 cm³/mol. The van der Waals surface area contributed by atoms with E-state index in [0.717, 1.165) is 35.5 Å². The third-order valence-electron chi connectivity index (χ3n) is 4.49. The number of rotatable bonds is 5. The van der Waals surface area contributed by atoms with Crippen molar-refractivity contribution in [2.45, 2.75) is 19.4 Å². The van der Waals surface area contributed by atoms with Gasteiger partial charge in [-0.3, -0.25) is 4.79 Å². The second-order valence-corrected chi connectivity index (χ2v) is 6.28. The molecule has 1 aliphatic rings. The topological polar surface area (TPSA) is 94.9 Å². The molecule has 0 saturated carbocycles. The number of anilines is 1. The number of aromatic amines is 1. The average molecular weight is 359 g/mol. The maximum Gasteiger partial charge on any atom is 0.227 e. The van der Waals surface area contributed by atoms with Crippen LogP contribution < -0.4 is 9.64 Å². The van der Waals surface area contributed by atoms with Gasteiger partial charge in [-0.05, 0) is 42.3 Å². The van der Waals surface area contributed by atoms with Crippen molar-refractivity contribution in [3.05, 3.63) is 59.8 Å². The molecule has 7 heteroatoms. The highest BCUT2D eigenvalue weighted by Crippen LogP contribution is 2.25. The van der Waals surface area contributed by atoms with Gasteiger partial charge in [0.2, 0.25) is 5.91 Å². The summed E-state index contributed by atoms with van der Waals surface area (Å²) >= 11 is 0. The SMILES string of the molecule is N#Cc1[nH]nnc1-c1cccc(COc2ccc(N3CCCC3=O)cc2)c1. The lowest BCUT2D eigenvalue weighted by atomic mass is 10.1. The van der Waals surface area contributed by atoms with Crippen LogP contribution in [-0.2, 0) is 11.4 Å². The maximum atomic E-state index is 11.8. The van der Waals surface area contributed by atoms with E-state index in [-0.39, 0.29) is 5.91 Å². The van der Waals surface area contributed by atoms with Crippen molar-refractivity contribution in [2.24, 2.45) is 0 Å². The Balaban J connectivity index is 1.44. The Labute approximate surface area is 156 Å². The first kappa shape index (κ1) is 16.8. The van der Waals surface area contributed by atoms with Gasteiger partial charge in [0.25, 0.3) is 0 Å². The number of carbonyl (C=O) groups is 1. The van der Waals surface area contributed by atoms with Crippen LogP contribution in [0, 0.1) is 11.3 Å². The van der Waals surface area contributed by atoms with Gasteiger partial charge in [-0.1, -0.05) is 23.4 Å². The lowest BCUT2D eigenvalue weighted by Gasteiger charge is -2.16. The van der Waals surface area contributed by atoms with E-state index in [4.69, 9.17) is 10.00 Å². The lowest BCUT2D eigenvalue weighted by molar-refractivity contribution is -0.117. The molecule has 1 aliphatic heterocycles. The van der Waals surface area contributed by atoms with Crippen LogP contribution in [0.4, 0.5) is 5.69 Å². The minimum atomic E-state index is 0.171. The van der Waals surface area contributed by atoms with Crippen LogP contribution in [0.2, 0.25) is 0 Å². The third-order valence-corrected chi connectivity index (χ3v) is 4.49. The monoisotopic (exact) mass is 359 g/mol. The highest BCUT2D eigenvalue weighted by Gasteiger charge is 2.21. The average Bonchev–Trinajstić information content (AvgIpc) is 3.36. The fourth-order valence-corrected chi connectivity index (χ4v) is 3.13. The summed E-state index contributed by atoms with van der Waals surface area (Å²) in [6.45, 7) is 1.16. The lowest BCUT2D eigenvalue weighted by Crippen LogP contribution is -2.23. The van der Waals surface area contributed by atoms with Gasteiger partial charge >= 0.3 is 0 Å². The Kier molecular flexibility index (Phi) is 4.54. The summed E-state index contributed by atoms with van der Waals surface area (Å²) in [5.41, 5.74) is 3.53. The molecule has 0 atom stereocenters. The molecule has 0 bridgehead atoms. The summed E-state index contributed by atoms with van der Waals surface area (Å²) in [6.07, 6.45) is 1.53. The number of nitrogens with one attached hydrogen (secondary N) is 1. The van der Waals surface area contributed by atoms with Crippen LogP contribution in [0.15, 0.2) is 48.5 Å². The Bertz CT molecular complexity index is 1000. The standard InChI is InChI=1S/C20H17N5O2/c21-12-18-20(23-24-22-18)15-4-1-3-14(11-15)13-27-17-8-6-16(7-9-17)25-10-2-5-19(25)26/h1,3-4,6-9,11H,2,5,10,13H2,(H,22,23,24). The molecule has 0 aliphatic carbocycles. The Morgan fingerprint density at radius 3 is 2.81 bits per heavy atom. The minimum Gasteiger partial charge on any atom is -0.489 e. The molecule has 2 aromatic carbocycles. The Morgan fingerprint density at radius 2 is 2.07 bits per heavy atom. The van der Waals surface area contributed by atoms with Crippen LogP contribution in [0.1, 0.15) is 24.1 Å². The first-order chi connectivity index (χ1) is 13.2. The van der Waals surface area contributed by atoms with Crippen molar-refractivity contribution in [3.8, 4) is 23.1 Å². The second-order valence-electron chi connectivity index (χ2n) is 6.28. The van der Waals surface area contributed by atoms with Gasteiger partial charge < -0.3 is 9.64 Å².